The van der Waals surface area contributed by atoms with Gasteiger partial charge in [-0.25, -0.2) is 0 Å². The third-order valence-electron chi connectivity index (χ3n) is 4.95. The summed E-state index contributed by atoms with van der Waals surface area (Å²) in [7, 11) is -1.72. The Kier molecular flexibility index (Phi) is 6.81. The minimum absolute atomic E-state index is 0.0236. The minimum Gasteiger partial charge on any atom is -0.414 e. The van der Waals surface area contributed by atoms with Crippen LogP contribution in [0.3, 0.4) is 0 Å². The Hall–Kier alpha value is -0.943. The number of benzene rings is 1. The first-order valence-electron chi connectivity index (χ1n) is 8.86. The molecule has 0 amide bonds. The second-order valence-electron chi connectivity index (χ2n) is 8.03. The molecule has 3 nitrogen and oxygen atoms in total. The van der Waals surface area contributed by atoms with Gasteiger partial charge in [0.25, 0.3) is 0 Å². The number of hydrogen-bond donors (Lipinski definition) is 0. The summed E-state index contributed by atoms with van der Waals surface area (Å²) in [4.78, 5) is 0. The monoisotopic (exact) mass is 348 g/mol. The van der Waals surface area contributed by atoms with E-state index in [0.717, 1.165) is 6.42 Å². The van der Waals surface area contributed by atoms with E-state index in [-0.39, 0.29) is 17.2 Å². The van der Waals surface area contributed by atoms with Crippen LogP contribution in [0.2, 0.25) is 18.1 Å². The molecule has 1 aliphatic rings. The Balaban J connectivity index is 1.74. The van der Waals surface area contributed by atoms with E-state index in [1.54, 1.807) is 0 Å². The second kappa shape index (κ2) is 8.43. The van der Waals surface area contributed by atoms with Crippen molar-refractivity contribution in [3.8, 4) is 0 Å². The standard InChI is InChI=1S/C20H32O3Si/c1-20(2,3)24(4,5)22-16-19-13-9-12-18(23-19)15-21-14-17-10-7-6-8-11-17/h6-12,18-19H,13-16H2,1-5H3/t18-,19+/m0/s1. The molecule has 0 bridgehead atoms. The van der Waals surface area contributed by atoms with Crippen LogP contribution >= 0.6 is 0 Å². The molecule has 0 radical (unpaired) electrons. The molecule has 24 heavy (non-hydrogen) atoms. The lowest BCUT2D eigenvalue weighted by molar-refractivity contribution is -0.0591. The molecule has 0 spiro atoms. The molecule has 1 aromatic rings. The predicted octanol–water partition coefficient (Wildman–Crippen LogP) is 4.94. The van der Waals surface area contributed by atoms with Crippen molar-refractivity contribution in [2.75, 3.05) is 13.2 Å². The van der Waals surface area contributed by atoms with Crippen molar-refractivity contribution >= 4 is 8.32 Å². The molecule has 0 aromatic heterocycles. The van der Waals surface area contributed by atoms with E-state index < -0.39 is 8.32 Å². The molecule has 0 N–H and O–H groups in total. The highest BCUT2D eigenvalue weighted by Gasteiger charge is 2.37. The van der Waals surface area contributed by atoms with E-state index in [2.05, 4.69) is 58.2 Å². The van der Waals surface area contributed by atoms with Gasteiger partial charge in [-0.2, -0.15) is 0 Å². The highest BCUT2D eigenvalue weighted by molar-refractivity contribution is 6.74. The summed E-state index contributed by atoms with van der Waals surface area (Å²) in [5, 5.41) is 0.232. The summed E-state index contributed by atoms with van der Waals surface area (Å²) in [5.41, 5.74) is 1.19. The van der Waals surface area contributed by atoms with Crippen molar-refractivity contribution < 1.29 is 13.9 Å². The largest absolute Gasteiger partial charge is 0.414 e. The minimum atomic E-state index is -1.72. The third kappa shape index (κ3) is 5.85. The topological polar surface area (TPSA) is 27.7 Å². The van der Waals surface area contributed by atoms with Crippen LogP contribution in [-0.2, 0) is 20.5 Å². The van der Waals surface area contributed by atoms with Gasteiger partial charge in [0.15, 0.2) is 8.32 Å². The number of rotatable bonds is 7. The van der Waals surface area contributed by atoms with E-state index >= 15 is 0 Å². The van der Waals surface area contributed by atoms with E-state index in [1.807, 2.05) is 18.2 Å². The van der Waals surface area contributed by atoms with Gasteiger partial charge >= 0.3 is 0 Å². The molecule has 0 saturated heterocycles. The zero-order valence-corrected chi connectivity index (χ0v) is 16.7. The van der Waals surface area contributed by atoms with Crippen LogP contribution in [0.1, 0.15) is 32.8 Å². The molecule has 1 heterocycles. The van der Waals surface area contributed by atoms with Crippen LogP contribution in [0.4, 0.5) is 0 Å². The zero-order chi connectivity index (χ0) is 17.6. The molecule has 1 aromatic carbocycles. The molecule has 0 fully saturated rings. The summed E-state index contributed by atoms with van der Waals surface area (Å²) in [6.07, 6.45) is 5.38. The van der Waals surface area contributed by atoms with E-state index in [1.165, 1.54) is 5.56 Å². The van der Waals surface area contributed by atoms with Crippen LogP contribution in [0, 0.1) is 0 Å². The molecule has 0 unspecified atom stereocenters. The van der Waals surface area contributed by atoms with Crippen LogP contribution in [0.15, 0.2) is 42.5 Å². The molecule has 0 saturated carbocycles. The van der Waals surface area contributed by atoms with Crippen LogP contribution in [0.25, 0.3) is 0 Å². The first-order valence-corrected chi connectivity index (χ1v) is 11.8. The molecule has 134 valence electrons. The maximum Gasteiger partial charge on any atom is 0.192 e. The predicted molar refractivity (Wildman–Crippen MR) is 102 cm³/mol. The van der Waals surface area contributed by atoms with Gasteiger partial charge in [0.2, 0.25) is 0 Å². The van der Waals surface area contributed by atoms with Crippen molar-refractivity contribution in [2.24, 2.45) is 0 Å². The first-order chi connectivity index (χ1) is 11.3. The fourth-order valence-electron chi connectivity index (χ4n) is 2.32. The third-order valence-corrected chi connectivity index (χ3v) is 9.45. The molecule has 1 aliphatic heterocycles. The van der Waals surface area contributed by atoms with Crippen molar-refractivity contribution in [1.82, 2.24) is 0 Å². The van der Waals surface area contributed by atoms with Gasteiger partial charge in [-0.3, -0.25) is 0 Å². The normalized spacial score (nSPS) is 21.9. The number of hydrogen-bond acceptors (Lipinski definition) is 3. The first kappa shape index (κ1) is 19.4. The van der Waals surface area contributed by atoms with E-state index in [0.29, 0.717) is 19.8 Å². The summed E-state index contributed by atoms with van der Waals surface area (Å²) in [6.45, 7) is 13.2. The Bertz CT molecular complexity index is 519. The lowest BCUT2D eigenvalue weighted by Crippen LogP contribution is -2.43. The van der Waals surface area contributed by atoms with Crippen molar-refractivity contribution in [1.29, 1.82) is 0 Å². The van der Waals surface area contributed by atoms with Crippen molar-refractivity contribution in [2.45, 2.75) is 64.1 Å². The number of ether oxygens (including phenoxy) is 2. The lowest BCUT2D eigenvalue weighted by atomic mass is 10.1. The van der Waals surface area contributed by atoms with Gasteiger partial charge in [-0.1, -0.05) is 63.3 Å². The molecular formula is C20H32O3Si. The summed E-state index contributed by atoms with van der Waals surface area (Å²) in [5.74, 6) is 0. The zero-order valence-electron chi connectivity index (χ0n) is 15.7. The fraction of sp³-hybridized carbons (Fsp3) is 0.600. The summed E-state index contributed by atoms with van der Waals surface area (Å²) in [6, 6.07) is 10.2. The van der Waals surface area contributed by atoms with Gasteiger partial charge in [-0.15, -0.1) is 0 Å². The van der Waals surface area contributed by atoms with Gasteiger partial charge in [0, 0.05) is 0 Å². The van der Waals surface area contributed by atoms with Gasteiger partial charge in [0.1, 0.15) is 0 Å². The molecule has 4 heteroatoms. The molecule has 2 atom stereocenters. The highest BCUT2D eigenvalue weighted by Crippen LogP contribution is 2.36. The smallest absolute Gasteiger partial charge is 0.192 e. The van der Waals surface area contributed by atoms with Gasteiger partial charge in [-0.05, 0) is 30.1 Å². The van der Waals surface area contributed by atoms with E-state index in [9.17, 15) is 0 Å². The van der Waals surface area contributed by atoms with Crippen LogP contribution in [0.5, 0.6) is 0 Å². The molecular weight excluding hydrogens is 316 g/mol. The second-order valence-corrected chi connectivity index (χ2v) is 12.8. The maximum absolute atomic E-state index is 6.29. The van der Waals surface area contributed by atoms with Gasteiger partial charge in [0.05, 0.1) is 32.0 Å². The lowest BCUT2D eigenvalue weighted by Gasteiger charge is -2.38. The highest BCUT2D eigenvalue weighted by atomic mass is 28.4. The van der Waals surface area contributed by atoms with Crippen LogP contribution in [-0.4, -0.2) is 33.7 Å². The van der Waals surface area contributed by atoms with E-state index in [4.69, 9.17) is 13.9 Å². The van der Waals surface area contributed by atoms with Crippen molar-refractivity contribution in [3.63, 3.8) is 0 Å². The Morgan fingerprint density at radius 2 is 1.83 bits per heavy atom. The Morgan fingerprint density at radius 1 is 1.12 bits per heavy atom. The summed E-state index contributed by atoms with van der Waals surface area (Å²) >= 11 is 0. The SMILES string of the molecule is CC(C)(C)[Si](C)(C)OC[C@H]1CC=C[C@@H](COCc2ccccc2)O1. The molecule has 0 aliphatic carbocycles. The fourth-order valence-corrected chi connectivity index (χ4v) is 3.35. The van der Waals surface area contributed by atoms with Crippen LogP contribution < -0.4 is 0 Å². The molecule has 2 rings (SSSR count). The average molecular weight is 349 g/mol. The summed E-state index contributed by atoms with van der Waals surface area (Å²) < 4.78 is 18.2. The quantitative estimate of drug-likeness (QED) is 0.516. The van der Waals surface area contributed by atoms with Crippen molar-refractivity contribution in [3.05, 3.63) is 48.0 Å². The maximum atomic E-state index is 6.29. The Morgan fingerprint density at radius 3 is 2.50 bits per heavy atom. The Labute approximate surface area is 148 Å². The van der Waals surface area contributed by atoms with Gasteiger partial charge < -0.3 is 13.9 Å². The average Bonchev–Trinajstić information content (AvgIpc) is 2.53.